The Hall–Kier alpha value is -1.40. The predicted octanol–water partition coefficient (Wildman–Crippen LogP) is 2.31. The van der Waals surface area contributed by atoms with Crippen molar-refractivity contribution in [3.8, 4) is 0 Å². The van der Waals surface area contributed by atoms with Crippen molar-refractivity contribution < 1.29 is 9.59 Å². The van der Waals surface area contributed by atoms with Crippen molar-refractivity contribution in [3.05, 3.63) is 28.7 Å². The quantitative estimate of drug-likeness (QED) is 0.754. The molecule has 5 nitrogen and oxygen atoms in total. The molecule has 6 heteroatoms. The van der Waals surface area contributed by atoms with Gasteiger partial charge in [0.15, 0.2) is 0 Å². The molecule has 0 radical (unpaired) electrons. The lowest BCUT2D eigenvalue weighted by Crippen LogP contribution is -2.38. The fraction of sp³-hybridized carbons (Fsp3) is 0.556. The summed E-state index contributed by atoms with van der Waals surface area (Å²) in [6.45, 7) is 3.39. The SMILES string of the molecule is O=C(NCCC1CCCNC1)C1CCN(c2cccc(Br)c2)C1=O. The highest BCUT2D eigenvalue weighted by Gasteiger charge is 2.37. The second kappa shape index (κ2) is 8.12. The topological polar surface area (TPSA) is 61.4 Å². The number of carbonyl (C=O) groups excluding carboxylic acids is 2. The number of nitrogens with zero attached hydrogens (tertiary/aromatic N) is 1. The molecule has 0 spiro atoms. The van der Waals surface area contributed by atoms with Crippen molar-refractivity contribution in [2.45, 2.75) is 25.7 Å². The molecule has 2 unspecified atom stereocenters. The van der Waals surface area contributed by atoms with Gasteiger partial charge in [-0.1, -0.05) is 22.0 Å². The molecule has 2 fully saturated rings. The average molecular weight is 394 g/mol. The van der Waals surface area contributed by atoms with Crippen LogP contribution in [0.1, 0.15) is 25.7 Å². The lowest BCUT2D eigenvalue weighted by Gasteiger charge is -2.23. The largest absolute Gasteiger partial charge is 0.355 e. The number of anilines is 1. The van der Waals surface area contributed by atoms with Crippen LogP contribution in [-0.2, 0) is 9.59 Å². The first-order chi connectivity index (χ1) is 11.6. The minimum atomic E-state index is -0.548. The molecule has 24 heavy (non-hydrogen) atoms. The van der Waals surface area contributed by atoms with Crippen molar-refractivity contribution in [3.63, 3.8) is 0 Å². The third-order valence-corrected chi connectivity index (χ3v) is 5.39. The summed E-state index contributed by atoms with van der Waals surface area (Å²) < 4.78 is 0.932. The zero-order valence-electron chi connectivity index (χ0n) is 13.8. The Labute approximate surface area is 151 Å². The molecule has 0 aromatic heterocycles. The molecule has 2 aliphatic heterocycles. The van der Waals surface area contributed by atoms with Crippen LogP contribution in [0.3, 0.4) is 0 Å². The molecule has 1 aromatic carbocycles. The summed E-state index contributed by atoms with van der Waals surface area (Å²) in [6.07, 6.45) is 4.00. The fourth-order valence-corrected chi connectivity index (χ4v) is 3.90. The van der Waals surface area contributed by atoms with Gasteiger partial charge in [-0.25, -0.2) is 0 Å². The van der Waals surface area contributed by atoms with Crippen molar-refractivity contribution in [1.82, 2.24) is 10.6 Å². The Bertz CT molecular complexity index is 602. The number of hydrogen-bond acceptors (Lipinski definition) is 3. The lowest BCUT2D eigenvalue weighted by atomic mass is 9.96. The van der Waals surface area contributed by atoms with Crippen molar-refractivity contribution in [2.75, 3.05) is 31.1 Å². The third kappa shape index (κ3) is 4.16. The number of halogens is 1. The van der Waals surface area contributed by atoms with Gasteiger partial charge in [0.2, 0.25) is 11.8 Å². The van der Waals surface area contributed by atoms with Gasteiger partial charge in [-0.3, -0.25) is 9.59 Å². The zero-order chi connectivity index (χ0) is 16.9. The van der Waals surface area contributed by atoms with Gasteiger partial charge in [0.1, 0.15) is 5.92 Å². The van der Waals surface area contributed by atoms with Crippen molar-refractivity contribution in [2.24, 2.45) is 11.8 Å². The monoisotopic (exact) mass is 393 g/mol. The number of hydrogen-bond donors (Lipinski definition) is 2. The number of carbonyl (C=O) groups is 2. The molecule has 3 rings (SSSR count). The van der Waals surface area contributed by atoms with Crippen LogP contribution in [0.15, 0.2) is 28.7 Å². The number of rotatable bonds is 5. The smallest absolute Gasteiger partial charge is 0.239 e. The summed E-state index contributed by atoms with van der Waals surface area (Å²) in [5.41, 5.74) is 0.845. The molecule has 0 aliphatic carbocycles. The standard InChI is InChI=1S/C18H24BrN3O2/c19-14-4-1-5-15(11-14)22-10-7-16(18(22)24)17(23)21-9-6-13-3-2-8-20-12-13/h1,4-5,11,13,16,20H,2-3,6-10,12H2,(H,21,23). The van der Waals surface area contributed by atoms with Crippen LogP contribution >= 0.6 is 15.9 Å². The summed E-state index contributed by atoms with van der Waals surface area (Å²) in [5.74, 6) is -0.129. The van der Waals surface area contributed by atoms with Gasteiger partial charge in [0, 0.05) is 23.2 Å². The van der Waals surface area contributed by atoms with Crippen LogP contribution in [0, 0.1) is 11.8 Å². The van der Waals surface area contributed by atoms with Gasteiger partial charge >= 0.3 is 0 Å². The molecule has 0 bridgehead atoms. The minimum absolute atomic E-state index is 0.0927. The lowest BCUT2D eigenvalue weighted by molar-refractivity contribution is -0.132. The number of benzene rings is 1. The van der Waals surface area contributed by atoms with E-state index in [1.54, 1.807) is 4.90 Å². The Morgan fingerprint density at radius 3 is 3.00 bits per heavy atom. The third-order valence-electron chi connectivity index (χ3n) is 4.89. The maximum atomic E-state index is 12.6. The van der Waals surface area contributed by atoms with E-state index in [0.29, 0.717) is 25.4 Å². The van der Waals surface area contributed by atoms with E-state index in [1.807, 2.05) is 24.3 Å². The first-order valence-corrected chi connectivity index (χ1v) is 9.50. The number of piperidine rings is 1. The molecular weight excluding hydrogens is 370 g/mol. The predicted molar refractivity (Wildman–Crippen MR) is 97.8 cm³/mol. The minimum Gasteiger partial charge on any atom is -0.355 e. The molecule has 2 amide bonds. The Morgan fingerprint density at radius 2 is 2.25 bits per heavy atom. The summed E-state index contributed by atoms with van der Waals surface area (Å²) >= 11 is 3.42. The fourth-order valence-electron chi connectivity index (χ4n) is 3.52. The van der Waals surface area contributed by atoms with E-state index in [2.05, 4.69) is 26.6 Å². The van der Waals surface area contributed by atoms with Crippen LogP contribution in [0.25, 0.3) is 0 Å². The van der Waals surface area contributed by atoms with Crippen LogP contribution < -0.4 is 15.5 Å². The van der Waals surface area contributed by atoms with E-state index in [4.69, 9.17) is 0 Å². The second-order valence-corrected chi connectivity index (χ2v) is 7.52. The maximum Gasteiger partial charge on any atom is 0.239 e. The van der Waals surface area contributed by atoms with Crippen molar-refractivity contribution >= 4 is 33.4 Å². The second-order valence-electron chi connectivity index (χ2n) is 6.60. The average Bonchev–Trinajstić information content (AvgIpc) is 2.97. The van der Waals surface area contributed by atoms with Crippen LogP contribution in [0.2, 0.25) is 0 Å². The van der Waals surface area contributed by atoms with E-state index in [-0.39, 0.29) is 11.8 Å². The van der Waals surface area contributed by atoms with Crippen molar-refractivity contribution in [1.29, 1.82) is 0 Å². The van der Waals surface area contributed by atoms with E-state index >= 15 is 0 Å². The first-order valence-electron chi connectivity index (χ1n) is 8.70. The van der Waals surface area contributed by atoms with Crippen LogP contribution in [0.5, 0.6) is 0 Å². The molecular formula is C18H24BrN3O2. The highest BCUT2D eigenvalue weighted by molar-refractivity contribution is 9.10. The first kappa shape index (κ1) is 17.4. The summed E-state index contributed by atoms with van der Waals surface area (Å²) in [6, 6.07) is 7.64. The molecule has 1 aromatic rings. The van der Waals surface area contributed by atoms with E-state index < -0.39 is 5.92 Å². The Morgan fingerprint density at radius 1 is 1.38 bits per heavy atom. The summed E-state index contributed by atoms with van der Waals surface area (Å²) in [4.78, 5) is 26.6. The Kier molecular flexibility index (Phi) is 5.89. The highest BCUT2D eigenvalue weighted by Crippen LogP contribution is 2.27. The van der Waals surface area contributed by atoms with Gasteiger partial charge < -0.3 is 15.5 Å². The Balaban J connectivity index is 1.50. The van der Waals surface area contributed by atoms with Crippen LogP contribution in [0.4, 0.5) is 5.69 Å². The van der Waals surface area contributed by atoms with Gasteiger partial charge in [-0.05, 0) is 62.9 Å². The van der Waals surface area contributed by atoms with Gasteiger partial charge in [-0.15, -0.1) is 0 Å². The van der Waals surface area contributed by atoms with Gasteiger partial charge in [0.25, 0.3) is 0 Å². The van der Waals surface area contributed by atoms with E-state index in [0.717, 1.165) is 29.7 Å². The van der Waals surface area contributed by atoms with E-state index in [1.165, 1.54) is 12.8 Å². The van der Waals surface area contributed by atoms with Gasteiger partial charge in [-0.2, -0.15) is 0 Å². The van der Waals surface area contributed by atoms with Crippen LogP contribution in [-0.4, -0.2) is 38.0 Å². The number of amides is 2. The highest BCUT2D eigenvalue weighted by atomic mass is 79.9. The number of nitrogens with one attached hydrogen (secondary N) is 2. The van der Waals surface area contributed by atoms with Gasteiger partial charge in [0.05, 0.1) is 0 Å². The summed E-state index contributed by atoms with van der Waals surface area (Å²) in [5, 5.41) is 6.35. The molecule has 130 valence electrons. The zero-order valence-corrected chi connectivity index (χ0v) is 15.3. The molecule has 2 aliphatic rings. The maximum absolute atomic E-state index is 12.6. The van der Waals surface area contributed by atoms with E-state index in [9.17, 15) is 9.59 Å². The molecule has 2 heterocycles. The molecule has 0 saturated carbocycles. The normalized spacial score (nSPS) is 24.2. The summed E-state index contributed by atoms with van der Waals surface area (Å²) in [7, 11) is 0. The molecule has 2 N–H and O–H groups in total. The molecule has 2 saturated heterocycles. The molecule has 2 atom stereocenters.